The number of amides is 1. The Morgan fingerprint density at radius 1 is 0.960 bits per heavy atom. The second-order valence-corrected chi connectivity index (χ2v) is 7.67. The molecule has 128 valence electrons. The zero-order valence-electron chi connectivity index (χ0n) is 12.8. The number of sulfonamides is 1. The Morgan fingerprint density at radius 2 is 1.72 bits per heavy atom. The zero-order chi connectivity index (χ0) is 17.9. The van der Waals surface area contributed by atoms with Gasteiger partial charge in [-0.1, -0.05) is 28.1 Å². The van der Waals surface area contributed by atoms with Gasteiger partial charge in [0.05, 0.1) is 16.8 Å². The molecular formula is C17H13BrN2O4S. The van der Waals surface area contributed by atoms with Gasteiger partial charge in [0, 0.05) is 10.2 Å². The number of hydrogen-bond acceptors (Lipinski definition) is 4. The molecule has 25 heavy (non-hydrogen) atoms. The molecular weight excluding hydrogens is 408 g/mol. The van der Waals surface area contributed by atoms with Crippen LogP contribution in [-0.4, -0.2) is 14.3 Å². The summed E-state index contributed by atoms with van der Waals surface area (Å²) in [6.45, 7) is 0. The number of carbonyl (C=O) groups excluding carboxylic acids is 1. The van der Waals surface area contributed by atoms with E-state index >= 15 is 0 Å². The molecule has 0 fully saturated rings. The first-order valence-corrected chi connectivity index (χ1v) is 9.45. The van der Waals surface area contributed by atoms with Gasteiger partial charge in [-0.2, -0.15) is 0 Å². The van der Waals surface area contributed by atoms with Gasteiger partial charge >= 0.3 is 0 Å². The Balaban J connectivity index is 1.78. The third-order valence-corrected chi connectivity index (χ3v) is 5.10. The predicted molar refractivity (Wildman–Crippen MR) is 98.1 cm³/mol. The van der Waals surface area contributed by atoms with E-state index in [-0.39, 0.29) is 10.7 Å². The van der Waals surface area contributed by atoms with E-state index in [0.717, 1.165) is 0 Å². The molecule has 0 bridgehead atoms. The number of halogens is 1. The first-order chi connectivity index (χ1) is 11.9. The minimum absolute atomic E-state index is 0.131. The fourth-order valence-corrected chi connectivity index (χ4v) is 3.75. The predicted octanol–water partition coefficient (Wildman–Crippen LogP) is 4.10. The van der Waals surface area contributed by atoms with Crippen molar-refractivity contribution in [2.24, 2.45) is 0 Å². The normalized spacial score (nSPS) is 11.1. The van der Waals surface area contributed by atoms with Gasteiger partial charge in [0.25, 0.3) is 15.9 Å². The number of carbonyl (C=O) groups is 1. The molecule has 0 unspecified atom stereocenters. The minimum Gasteiger partial charge on any atom is -0.459 e. The van der Waals surface area contributed by atoms with Crippen LogP contribution in [0.25, 0.3) is 0 Å². The number of nitrogens with one attached hydrogen (secondary N) is 2. The van der Waals surface area contributed by atoms with E-state index < -0.39 is 15.9 Å². The number of anilines is 2. The highest BCUT2D eigenvalue weighted by atomic mass is 79.9. The monoisotopic (exact) mass is 420 g/mol. The van der Waals surface area contributed by atoms with E-state index in [9.17, 15) is 13.2 Å². The molecule has 3 rings (SSSR count). The standard InChI is InChI=1S/C17H13BrN2O4S/c18-12-4-1-7-15(10-12)25(22,23)20-14-6-2-5-13(11-14)19-17(21)16-8-3-9-24-16/h1-11,20H,(H,19,21). The molecule has 0 radical (unpaired) electrons. The van der Waals surface area contributed by atoms with Crippen LogP contribution < -0.4 is 10.0 Å². The molecule has 6 nitrogen and oxygen atoms in total. The highest BCUT2D eigenvalue weighted by Gasteiger charge is 2.15. The van der Waals surface area contributed by atoms with E-state index in [2.05, 4.69) is 26.0 Å². The minimum atomic E-state index is -3.74. The maximum Gasteiger partial charge on any atom is 0.291 e. The molecule has 1 amide bonds. The summed E-state index contributed by atoms with van der Waals surface area (Å²) in [7, 11) is -3.74. The van der Waals surface area contributed by atoms with Gasteiger partial charge in [0.2, 0.25) is 0 Å². The Bertz CT molecular complexity index is 1000. The van der Waals surface area contributed by atoms with E-state index in [0.29, 0.717) is 15.8 Å². The summed E-state index contributed by atoms with van der Waals surface area (Å²) in [5, 5.41) is 2.64. The molecule has 0 aliphatic carbocycles. The van der Waals surface area contributed by atoms with Crippen LogP contribution in [0.4, 0.5) is 11.4 Å². The number of furan rings is 1. The third kappa shape index (κ3) is 4.28. The van der Waals surface area contributed by atoms with Crippen LogP contribution in [-0.2, 0) is 10.0 Å². The van der Waals surface area contributed by atoms with Crippen LogP contribution in [0.15, 0.2) is 80.7 Å². The summed E-state index contributed by atoms with van der Waals surface area (Å²) in [6.07, 6.45) is 1.40. The molecule has 3 aromatic rings. The Kier molecular flexibility index (Phi) is 4.91. The molecule has 2 aromatic carbocycles. The maximum atomic E-state index is 12.4. The van der Waals surface area contributed by atoms with Crippen molar-refractivity contribution >= 4 is 43.2 Å². The van der Waals surface area contributed by atoms with Crippen molar-refractivity contribution < 1.29 is 17.6 Å². The van der Waals surface area contributed by atoms with Crippen LogP contribution in [0, 0.1) is 0 Å². The summed E-state index contributed by atoms with van der Waals surface area (Å²) in [5.41, 5.74) is 0.771. The molecule has 1 aromatic heterocycles. The molecule has 0 saturated heterocycles. The smallest absolute Gasteiger partial charge is 0.291 e. The van der Waals surface area contributed by atoms with Gasteiger partial charge in [-0.15, -0.1) is 0 Å². The Labute approximate surface area is 153 Å². The number of hydrogen-bond donors (Lipinski definition) is 2. The van der Waals surface area contributed by atoms with Crippen molar-refractivity contribution in [2.75, 3.05) is 10.0 Å². The van der Waals surface area contributed by atoms with Gasteiger partial charge in [-0.05, 0) is 48.5 Å². The topological polar surface area (TPSA) is 88.4 Å². The zero-order valence-corrected chi connectivity index (χ0v) is 15.2. The van der Waals surface area contributed by atoms with Crippen molar-refractivity contribution in [1.82, 2.24) is 0 Å². The summed E-state index contributed by atoms with van der Waals surface area (Å²) >= 11 is 3.25. The van der Waals surface area contributed by atoms with E-state index in [4.69, 9.17) is 4.42 Å². The molecule has 1 heterocycles. The van der Waals surface area contributed by atoms with E-state index in [1.54, 1.807) is 36.4 Å². The van der Waals surface area contributed by atoms with Crippen LogP contribution in [0.3, 0.4) is 0 Å². The van der Waals surface area contributed by atoms with E-state index in [1.165, 1.54) is 30.5 Å². The lowest BCUT2D eigenvalue weighted by Gasteiger charge is -2.10. The highest BCUT2D eigenvalue weighted by molar-refractivity contribution is 9.10. The average Bonchev–Trinajstić information content (AvgIpc) is 3.09. The second kappa shape index (κ2) is 7.12. The summed E-state index contributed by atoms with van der Waals surface area (Å²) in [4.78, 5) is 12.1. The van der Waals surface area contributed by atoms with Crippen LogP contribution in [0.2, 0.25) is 0 Å². The molecule has 8 heteroatoms. The van der Waals surface area contributed by atoms with Gasteiger partial charge in [-0.25, -0.2) is 8.42 Å². The summed E-state index contributed by atoms with van der Waals surface area (Å²) in [5.74, 6) is -0.253. The van der Waals surface area contributed by atoms with Gasteiger partial charge < -0.3 is 9.73 Å². The lowest BCUT2D eigenvalue weighted by Crippen LogP contribution is -2.14. The van der Waals surface area contributed by atoms with Crippen molar-refractivity contribution in [2.45, 2.75) is 4.90 Å². The first-order valence-electron chi connectivity index (χ1n) is 7.17. The number of benzene rings is 2. The Morgan fingerprint density at radius 3 is 2.44 bits per heavy atom. The Hall–Kier alpha value is -2.58. The fourth-order valence-electron chi connectivity index (χ4n) is 2.11. The SMILES string of the molecule is O=C(Nc1cccc(NS(=O)(=O)c2cccc(Br)c2)c1)c1ccco1. The van der Waals surface area contributed by atoms with Gasteiger partial charge in [0.15, 0.2) is 5.76 Å². The second-order valence-electron chi connectivity index (χ2n) is 5.08. The molecule has 2 N–H and O–H groups in total. The third-order valence-electron chi connectivity index (χ3n) is 3.22. The van der Waals surface area contributed by atoms with Crippen molar-refractivity contribution in [3.05, 3.63) is 77.2 Å². The fraction of sp³-hybridized carbons (Fsp3) is 0. The first kappa shape index (κ1) is 17.2. The van der Waals surface area contributed by atoms with Crippen molar-refractivity contribution in [3.8, 4) is 0 Å². The average molecular weight is 421 g/mol. The van der Waals surface area contributed by atoms with E-state index in [1.807, 2.05) is 0 Å². The molecule has 0 aliphatic heterocycles. The highest BCUT2D eigenvalue weighted by Crippen LogP contribution is 2.22. The summed E-state index contributed by atoms with van der Waals surface area (Å²) < 4.78 is 33.0. The number of rotatable bonds is 5. The molecule has 0 atom stereocenters. The van der Waals surface area contributed by atoms with Gasteiger partial charge in [0.1, 0.15) is 0 Å². The summed E-state index contributed by atoms with van der Waals surface area (Å²) in [6, 6.07) is 15.9. The molecule has 0 aliphatic rings. The van der Waals surface area contributed by atoms with Crippen molar-refractivity contribution in [3.63, 3.8) is 0 Å². The van der Waals surface area contributed by atoms with Crippen LogP contribution in [0.1, 0.15) is 10.6 Å². The largest absolute Gasteiger partial charge is 0.459 e. The maximum absolute atomic E-state index is 12.4. The quantitative estimate of drug-likeness (QED) is 0.650. The van der Waals surface area contributed by atoms with Crippen LogP contribution >= 0.6 is 15.9 Å². The molecule has 0 saturated carbocycles. The lowest BCUT2D eigenvalue weighted by atomic mass is 10.3. The van der Waals surface area contributed by atoms with Gasteiger partial charge in [-0.3, -0.25) is 9.52 Å². The lowest BCUT2D eigenvalue weighted by molar-refractivity contribution is 0.0996. The molecule has 0 spiro atoms. The van der Waals surface area contributed by atoms with Crippen molar-refractivity contribution in [1.29, 1.82) is 0 Å². The van der Waals surface area contributed by atoms with Crippen LogP contribution in [0.5, 0.6) is 0 Å².